The van der Waals surface area contributed by atoms with E-state index in [-0.39, 0.29) is 52.2 Å². The van der Waals surface area contributed by atoms with Crippen molar-refractivity contribution in [2.24, 2.45) is 0 Å². The van der Waals surface area contributed by atoms with E-state index in [9.17, 15) is 40.8 Å². The Morgan fingerprint density at radius 1 is 0.658 bits per heavy atom. The lowest BCUT2D eigenvalue weighted by Crippen LogP contribution is -2.41. The van der Waals surface area contributed by atoms with E-state index in [4.69, 9.17) is 44.0 Å². The summed E-state index contributed by atoms with van der Waals surface area (Å²) < 4.78 is 59.0. The molecule has 0 aliphatic carbocycles. The minimum Gasteiger partial charge on any atom is -0.468 e. The third kappa shape index (κ3) is 13.6. The topological polar surface area (TPSA) is 372 Å². The largest absolute Gasteiger partial charge is 0.475 e. The molecular formula is C50H68N13O12P. The normalized spacial score (nSPS) is 23.9. The zero-order valence-electron chi connectivity index (χ0n) is 42.6. The van der Waals surface area contributed by atoms with Crippen LogP contribution in [0, 0.1) is 34.0 Å². The van der Waals surface area contributed by atoms with Crippen LogP contribution in [0.15, 0.2) is 49.1 Å². The third-order valence-corrected chi connectivity index (χ3v) is 15.1. The van der Waals surface area contributed by atoms with Gasteiger partial charge in [-0.15, -0.1) is 10.2 Å². The lowest BCUT2D eigenvalue weighted by atomic mass is 9.92. The number of anilines is 2. The fraction of sp³-hybridized carbons (Fsp3) is 0.620. The molecule has 7 heterocycles. The maximum atomic E-state index is 14.9. The Morgan fingerprint density at radius 3 is 1.57 bits per heavy atom. The van der Waals surface area contributed by atoms with Crippen LogP contribution in [-0.4, -0.2) is 136 Å². The first kappa shape index (κ1) is 57.7. The molecule has 0 radical (unpaired) electrons. The van der Waals surface area contributed by atoms with Gasteiger partial charge in [0.15, 0.2) is 17.3 Å². The molecule has 76 heavy (non-hydrogen) atoms. The van der Waals surface area contributed by atoms with Gasteiger partial charge in [0.1, 0.15) is 84.6 Å². The van der Waals surface area contributed by atoms with Gasteiger partial charge in [0.2, 0.25) is 17.1 Å². The third-order valence-electron chi connectivity index (χ3n) is 13.7. The molecule has 2 aliphatic rings. The van der Waals surface area contributed by atoms with E-state index >= 15 is 0 Å². The van der Waals surface area contributed by atoms with Crippen molar-refractivity contribution >= 4 is 30.5 Å². The van der Waals surface area contributed by atoms with Crippen LogP contribution in [-0.2, 0) is 43.5 Å². The van der Waals surface area contributed by atoms with E-state index in [2.05, 4.69) is 37.3 Å². The standard InChI is InChI=1S/C50H68N13O12P/c1-2-3-4-5-6-7-8-9-10-11-12-13-14-15-16-17-24-69-26-35(73-42-23-18-34(25-51)60-61-42)27-70-76(68,71-28-38-43(64)45(66)49(30-52,74-38)40-21-19-36-47(54)56-32-58-62(36)40)72-29-39-44(65)46(67)50(31-53,75-39)41-22-20-37-48(55)57-33-59-63(37)41/h18-23,32-33,35,38-39,43-46,64-67H,2-17,24,26-29H2,1H3,(H2,54,56,58)(H2,55,57,59)/t35-,38-,39-,43-,44-,45-,46-,49+,50+/m1/s1. The Labute approximate surface area is 440 Å². The molecule has 0 unspecified atom stereocenters. The maximum absolute atomic E-state index is 14.9. The molecule has 8 N–H and O–H groups in total. The highest BCUT2D eigenvalue weighted by molar-refractivity contribution is 7.48. The molecule has 410 valence electrons. The number of nitrogens with two attached hydrogens (primary N) is 2. The number of phosphoric acid groups is 1. The van der Waals surface area contributed by atoms with E-state index in [1.165, 1.54) is 122 Å². The number of fused-ring (bicyclic) bond motifs is 2. The minimum absolute atomic E-state index is 0.00821. The maximum Gasteiger partial charge on any atom is 0.475 e. The zero-order valence-corrected chi connectivity index (χ0v) is 43.5. The van der Waals surface area contributed by atoms with Gasteiger partial charge in [0.05, 0.1) is 37.8 Å². The number of aliphatic hydroxyl groups excluding tert-OH is 4. The first-order valence-corrected chi connectivity index (χ1v) is 27.4. The van der Waals surface area contributed by atoms with Gasteiger partial charge >= 0.3 is 7.82 Å². The summed E-state index contributed by atoms with van der Waals surface area (Å²) in [6, 6.07) is 14.4. The number of phosphoric ester groups is 1. The second-order valence-corrected chi connectivity index (χ2v) is 20.7. The first-order valence-electron chi connectivity index (χ1n) is 25.9. The highest BCUT2D eigenvalue weighted by Gasteiger charge is 2.59. The molecule has 0 amide bonds. The van der Waals surface area contributed by atoms with Crippen LogP contribution in [0.5, 0.6) is 5.88 Å². The Kier molecular flexibility index (Phi) is 20.8. The van der Waals surface area contributed by atoms with E-state index in [0.717, 1.165) is 38.3 Å². The van der Waals surface area contributed by atoms with Gasteiger partial charge in [-0.05, 0) is 36.8 Å². The molecule has 5 aromatic heterocycles. The van der Waals surface area contributed by atoms with E-state index in [0.29, 0.717) is 6.61 Å². The van der Waals surface area contributed by atoms with Gasteiger partial charge in [-0.25, -0.2) is 23.6 Å². The molecule has 2 fully saturated rings. The van der Waals surface area contributed by atoms with Crippen molar-refractivity contribution in [3.05, 3.63) is 66.1 Å². The number of unbranched alkanes of at least 4 members (excludes halogenated alkanes) is 15. The number of nitrogens with zero attached hydrogens (tertiary/aromatic N) is 11. The van der Waals surface area contributed by atoms with Crippen molar-refractivity contribution < 1.29 is 57.5 Å². The van der Waals surface area contributed by atoms with Gasteiger partial charge in [0.25, 0.3) is 0 Å². The van der Waals surface area contributed by atoms with Crippen LogP contribution in [0.1, 0.15) is 127 Å². The average molecular weight is 1070 g/mol. The lowest BCUT2D eigenvalue weighted by Gasteiger charge is -2.26. The Morgan fingerprint density at radius 2 is 1.13 bits per heavy atom. The van der Waals surface area contributed by atoms with Crippen molar-refractivity contribution in [2.75, 3.05) is 44.5 Å². The fourth-order valence-corrected chi connectivity index (χ4v) is 10.6. The smallest absolute Gasteiger partial charge is 0.468 e. The SMILES string of the molecule is CCCCCCCCCCCCCCCCCCOC[C@H](COP(=O)(OC[C@H]1O[C@@](C#N)(c2ccc3c(N)ncnn23)[C@H](O)[C@@H]1O)OC[C@H]1O[C@@](C#N)(c2ccc3c(N)ncnn23)[C@H](O)[C@@H]1O)Oc1ccc(C#N)nn1. The van der Waals surface area contributed by atoms with Gasteiger partial charge in [-0.3, -0.25) is 13.6 Å². The Bertz CT molecular complexity index is 2690. The van der Waals surface area contributed by atoms with Gasteiger partial charge in [-0.2, -0.15) is 26.0 Å². The summed E-state index contributed by atoms with van der Waals surface area (Å²) in [5.74, 6) is 0.0971. The molecule has 26 heteroatoms. The van der Waals surface area contributed by atoms with E-state index < -0.39 is 81.6 Å². The van der Waals surface area contributed by atoms with Gasteiger partial charge in [-0.1, -0.05) is 103 Å². The molecule has 0 bridgehead atoms. The number of aliphatic hydroxyl groups is 4. The van der Waals surface area contributed by atoms with Crippen molar-refractivity contribution in [2.45, 2.75) is 164 Å². The van der Waals surface area contributed by atoms with Crippen molar-refractivity contribution in [3.8, 4) is 24.1 Å². The van der Waals surface area contributed by atoms with Crippen molar-refractivity contribution in [1.29, 1.82) is 15.8 Å². The van der Waals surface area contributed by atoms with Crippen molar-refractivity contribution in [3.63, 3.8) is 0 Å². The molecule has 0 aromatic carbocycles. The quantitative estimate of drug-likeness (QED) is 0.0247. The number of nitrogen functional groups attached to an aromatic ring is 2. The molecule has 0 spiro atoms. The number of aromatic nitrogens is 8. The minimum atomic E-state index is -4.99. The van der Waals surface area contributed by atoms with Crippen LogP contribution < -0.4 is 16.2 Å². The molecular weight excluding hydrogens is 1010 g/mol. The van der Waals surface area contributed by atoms with Crippen molar-refractivity contribution in [1.82, 2.24) is 39.4 Å². The monoisotopic (exact) mass is 1070 g/mol. The summed E-state index contributed by atoms with van der Waals surface area (Å²) in [5, 5.41) is 91.8. The summed E-state index contributed by atoms with van der Waals surface area (Å²) in [6.45, 7) is 0.223. The Balaban J connectivity index is 1.01. The van der Waals surface area contributed by atoms with Crippen LogP contribution in [0.3, 0.4) is 0 Å². The number of hydrogen-bond donors (Lipinski definition) is 6. The predicted molar refractivity (Wildman–Crippen MR) is 270 cm³/mol. The Hall–Kier alpha value is -5.98. The lowest BCUT2D eigenvalue weighted by molar-refractivity contribution is -0.0757. The molecule has 2 saturated heterocycles. The average Bonchev–Trinajstić information content (AvgIpc) is 4.19. The van der Waals surface area contributed by atoms with Crippen LogP contribution in [0.4, 0.5) is 11.6 Å². The van der Waals surface area contributed by atoms with E-state index in [1.54, 1.807) is 0 Å². The van der Waals surface area contributed by atoms with E-state index in [1.807, 2.05) is 18.2 Å². The zero-order chi connectivity index (χ0) is 54.1. The summed E-state index contributed by atoms with van der Waals surface area (Å²) in [7, 11) is -4.99. The number of nitriles is 3. The van der Waals surface area contributed by atoms with Crippen LogP contribution in [0.2, 0.25) is 0 Å². The van der Waals surface area contributed by atoms with Crippen LogP contribution >= 0.6 is 7.82 Å². The number of rotatable bonds is 32. The fourth-order valence-electron chi connectivity index (χ4n) is 9.41. The highest BCUT2D eigenvalue weighted by atomic mass is 31.2. The molecule has 0 saturated carbocycles. The predicted octanol–water partition coefficient (Wildman–Crippen LogP) is 4.86. The van der Waals surface area contributed by atoms with Gasteiger partial charge < -0.3 is 50.8 Å². The molecule has 9 atom stereocenters. The molecule has 7 rings (SSSR count). The molecule has 2 aliphatic heterocycles. The molecule has 25 nitrogen and oxygen atoms in total. The second-order valence-electron chi connectivity index (χ2n) is 19.0. The first-order chi connectivity index (χ1) is 36.8. The summed E-state index contributed by atoms with van der Waals surface area (Å²) in [4.78, 5) is 7.89. The van der Waals surface area contributed by atoms with Gasteiger partial charge in [0, 0.05) is 12.7 Å². The summed E-state index contributed by atoms with van der Waals surface area (Å²) >= 11 is 0. The summed E-state index contributed by atoms with van der Waals surface area (Å²) in [6.07, 6.45) is 10.0. The second kappa shape index (κ2) is 27.4. The van der Waals surface area contributed by atoms with Crippen LogP contribution in [0.25, 0.3) is 11.0 Å². The summed E-state index contributed by atoms with van der Waals surface area (Å²) in [5.41, 5.74) is 8.09. The highest BCUT2D eigenvalue weighted by Crippen LogP contribution is 2.52. The number of hydrogen-bond acceptors (Lipinski definition) is 23. The molecule has 5 aromatic rings. The number of ether oxygens (including phenoxy) is 4.